The third kappa shape index (κ3) is 3.92. The number of hydrogen-bond donors (Lipinski definition) is 3. The minimum atomic E-state index is -1.10. The number of nitrogens with one attached hydrogen (secondary N) is 2. The molecule has 0 saturated heterocycles. The molecule has 3 heterocycles. The van der Waals surface area contributed by atoms with Crippen LogP contribution in [0.3, 0.4) is 0 Å². The van der Waals surface area contributed by atoms with E-state index in [-0.39, 0.29) is 5.56 Å². The summed E-state index contributed by atoms with van der Waals surface area (Å²) in [5.41, 5.74) is 2.21. The molecule has 0 atom stereocenters. The maximum Gasteiger partial charge on any atom is 0.256 e. The lowest BCUT2D eigenvalue weighted by molar-refractivity contribution is 0.0786. The number of H-pyrrole nitrogens is 1. The highest BCUT2D eigenvalue weighted by Gasteiger charge is 2.21. The summed E-state index contributed by atoms with van der Waals surface area (Å²) in [6, 6.07) is 10.9. The molecule has 0 saturated carbocycles. The molecule has 3 N–H and O–H groups in total. The van der Waals surface area contributed by atoms with Crippen LogP contribution in [-0.2, 0) is 12.6 Å². The Labute approximate surface area is 205 Å². The van der Waals surface area contributed by atoms with Crippen molar-refractivity contribution < 1.29 is 5.11 Å². The first-order valence-corrected chi connectivity index (χ1v) is 11.3. The van der Waals surface area contributed by atoms with Crippen molar-refractivity contribution in [2.75, 3.05) is 5.32 Å². The number of benzene rings is 2. The summed E-state index contributed by atoms with van der Waals surface area (Å²) in [5, 5.41) is 20.3. The van der Waals surface area contributed by atoms with Crippen molar-refractivity contribution in [3.8, 4) is 11.1 Å². The van der Waals surface area contributed by atoms with Gasteiger partial charge in [0.05, 0.1) is 38.4 Å². The predicted molar refractivity (Wildman–Crippen MR) is 137 cm³/mol. The predicted octanol–water partition coefficient (Wildman–Crippen LogP) is 5.75. The fraction of sp³-hybridized carbons (Fsp3) is 0.160. The Morgan fingerprint density at radius 1 is 1.06 bits per heavy atom. The first-order chi connectivity index (χ1) is 16.1. The van der Waals surface area contributed by atoms with Gasteiger partial charge in [-0.2, -0.15) is 5.10 Å². The van der Waals surface area contributed by atoms with E-state index in [1.807, 2.05) is 31.4 Å². The van der Waals surface area contributed by atoms with E-state index >= 15 is 0 Å². The molecular formula is C25H21Cl2N5O2. The van der Waals surface area contributed by atoms with Gasteiger partial charge in [-0.25, -0.2) is 4.98 Å². The molecule has 7 nitrogen and oxygen atoms in total. The quantitative estimate of drug-likeness (QED) is 0.277. The Bertz CT molecular complexity index is 1610. The highest BCUT2D eigenvalue weighted by molar-refractivity contribution is 6.39. The molecule has 3 aromatic heterocycles. The second-order valence-electron chi connectivity index (χ2n) is 8.69. The van der Waals surface area contributed by atoms with Crippen LogP contribution in [0.15, 0.2) is 59.8 Å². The molecule has 9 heteroatoms. The zero-order valence-corrected chi connectivity index (χ0v) is 20.2. The van der Waals surface area contributed by atoms with Crippen LogP contribution in [0.4, 0.5) is 11.5 Å². The van der Waals surface area contributed by atoms with E-state index in [4.69, 9.17) is 28.2 Å². The van der Waals surface area contributed by atoms with E-state index in [2.05, 4.69) is 15.4 Å². The fourth-order valence-electron chi connectivity index (χ4n) is 3.97. The Hall–Kier alpha value is -3.39. The molecule has 0 spiro atoms. The molecule has 0 radical (unpaired) electrons. The Kier molecular flexibility index (Phi) is 5.36. The third-order valence-electron chi connectivity index (χ3n) is 5.74. The van der Waals surface area contributed by atoms with Crippen LogP contribution < -0.4 is 10.9 Å². The van der Waals surface area contributed by atoms with Crippen LogP contribution in [-0.4, -0.2) is 24.9 Å². The van der Waals surface area contributed by atoms with Crippen molar-refractivity contribution in [3.05, 3.63) is 81.0 Å². The first kappa shape index (κ1) is 22.4. The molecule has 0 unspecified atom stereocenters. The van der Waals surface area contributed by atoms with Gasteiger partial charge >= 0.3 is 0 Å². The molecule has 0 aliphatic heterocycles. The van der Waals surface area contributed by atoms with Crippen LogP contribution in [0.1, 0.15) is 19.4 Å². The van der Waals surface area contributed by atoms with Crippen molar-refractivity contribution in [2.24, 2.45) is 7.05 Å². The highest BCUT2D eigenvalue weighted by Crippen LogP contribution is 2.39. The van der Waals surface area contributed by atoms with Gasteiger partial charge in [-0.1, -0.05) is 29.3 Å². The Morgan fingerprint density at radius 3 is 2.44 bits per heavy atom. The lowest BCUT2D eigenvalue weighted by atomic mass is 9.98. The largest absolute Gasteiger partial charge is 0.386 e. The Morgan fingerprint density at radius 2 is 1.79 bits per heavy atom. The monoisotopic (exact) mass is 493 g/mol. The number of aromatic amines is 1. The topological polar surface area (TPSA) is 95.8 Å². The Balaban J connectivity index is 1.70. The number of fused-ring (bicyclic) bond motifs is 3. The lowest BCUT2D eigenvalue weighted by Gasteiger charge is -2.20. The number of nitrogens with zero attached hydrogens (tertiary/aromatic N) is 3. The normalized spacial score (nSPS) is 11.9. The van der Waals surface area contributed by atoms with E-state index in [9.17, 15) is 9.90 Å². The third-order valence-corrected chi connectivity index (χ3v) is 6.34. The van der Waals surface area contributed by atoms with E-state index in [1.54, 1.807) is 49.1 Å². The molecule has 34 heavy (non-hydrogen) atoms. The molecule has 172 valence electrons. The zero-order chi connectivity index (χ0) is 24.2. The summed E-state index contributed by atoms with van der Waals surface area (Å²) >= 11 is 13.0. The molecule has 0 aliphatic rings. The number of aliphatic hydroxyl groups is 1. The minimum absolute atomic E-state index is 0.231. The van der Waals surface area contributed by atoms with E-state index in [0.29, 0.717) is 43.4 Å². The van der Waals surface area contributed by atoms with E-state index < -0.39 is 5.60 Å². The first-order valence-electron chi connectivity index (χ1n) is 10.5. The van der Waals surface area contributed by atoms with Gasteiger partial charge in [0.2, 0.25) is 0 Å². The maximum absolute atomic E-state index is 12.9. The molecule has 0 fully saturated rings. The number of rotatable bonds is 4. The summed E-state index contributed by atoms with van der Waals surface area (Å²) in [6.07, 6.45) is 5.27. The van der Waals surface area contributed by atoms with Crippen LogP contribution in [0, 0.1) is 0 Å². The second kappa shape index (κ2) is 8.13. The van der Waals surface area contributed by atoms with Crippen LogP contribution in [0.25, 0.3) is 32.8 Å². The van der Waals surface area contributed by atoms with Gasteiger partial charge in [-0.3, -0.25) is 9.48 Å². The molecule has 0 bridgehead atoms. The zero-order valence-electron chi connectivity index (χ0n) is 18.6. The minimum Gasteiger partial charge on any atom is -0.386 e. The van der Waals surface area contributed by atoms with Gasteiger partial charge in [-0.15, -0.1) is 0 Å². The number of hydrogen-bond acceptors (Lipinski definition) is 5. The van der Waals surface area contributed by atoms with Crippen LogP contribution >= 0.6 is 23.2 Å². The smallest absolute Gasteiger partial charge is 0.256 e. The summed E-state index contributed by atoms with van der Waals surface area (Å²) < 4.78 is 1.73. The summed E-state index contributed by atoms with van der Waals surface area (Å²) in [5.74, 6) is 0.447. The molecule has 0 aliphatic carbocycles. The second-order valence-corrected chi connectivity index (χ2v) is 9.50. The summed E-state index contributed by atoms with van der Waals surface area (Å²) in [7, 11) is 1.86. The van der Waals surface area contributed by atoms with Crippen molar-refractivity contribution in [1.29, 1.82) is 0 Å². The number of halogens is 2. The van der Waals surface area contributed by atoms with E-state index in [0.717, 1.165) is 16.5 Å². The number of aromatic nitrogens is 4. The maximum atomic E-state index is 12.9. The van der Waals surface area contributed by atoms with Crippen LogP contribution in [0.2, 0.25) is 10.0 Å². The number of anilines is 2. The summed E-state index contributed by atoms with van der Waals surface area (Å²) in [6.45, 7) is 3.32. The number of pyridine rings is 2. The average Bonchev–Trinajstić information content (AvgIpc) is 3.21. The van der Waals surface area contributed by atoms with Gasteiger partial charge in [-0.05, 0) is 55.3 Å². The van der Waals surface area contributed by atoms with Gasteiger partial charge in [0.25, 0.3) is 5.56 Å². The van der Waals surface area contributed by atoms with Crippen LogP contribution in [0.5, 0.6) is 0 Å². The van der Waals surface area contributed by atoms with Crippen molar-refractivity contribution in [3.63, 3.8) is 0 Å². The average molecular weight is 494 g/mol. The molecule has 5 rings (SSSR count). The molecule has 0 amide bonds. The van der Waals surface area contributed by atoms with Gasteiger partial charge < -0.3 is 15.4 Å². The number of aryl methyl sites for hydroxylation is 1. The summed E-state index contributed by atoms with van der Waals surface area (Å²) in [4.78, 5) is 20.5. The molecule has 5 aromatic rings. The van der Waals surface area contributed by atoms with Crippen molar-refractivity contribution >= 4 is 56.4 Å². The highest BCUT2D eigenvalue weighted by atomic mass is 35.5. The van der Waals surface area contributed by atoms with Gasteiger partial charge in [0.15, 0.2) is 0 Å². The molecule has 2 aromatic carbocycles. The lowest BCUT2D eigenvalue weighted by Crippen LogP contribution is -2.15. The SMILES string of the molecule is Cn1cc(-c2ccc3nc(Nc4c(Cl)cc(C(C)(C)O)cc4Cl)c4cc[nH]c(=O)c4c3c2)cn1. The standard InChI is InChI=1S/C25H21Cl2N5O2/c1-25(2,34)15-9-18(26)22(19(27)10-15)31-23-16-6-7-28-24(33)21(16)17-8-13(4-5-20(17)30-23)14-11-29-32(3)12-14/h4-12,34H,1-3H3,(H,28,33)(H,30,31). The van der Waals surface area contributed by atoms with Crippen molar-refractivity contribution in [2.45, 2.75) is 19.4 Å². The van der Waals surface area contributed by atoms with Gasteiger partial charge in [0.1, 0.15) is 5.82 Å². The fourth-order valence-corrected chi connectivity index (χ4v) is 4.55. The van der Waals surface area contributed by atoms with E-state index in [1.165, 1.54) is 0 Å². The van der Waals surface area contributed by atoms with Crippen molar-refractivity contribution in [1.82, 2.24) is 19.7 Å². The van der Waals surface area contributed by atoms with Gasteiger partial charge in [0, 0.05) is 35.8 Å². The molecular weight excluding hydrogens is 473 g/mol.